The van der Waals surface area contributed by atoms with Crippen LogP contribution in [0.1, 0.15) is 32.0 Å². The summed E-state index contributed by atoms with van der Waals surface area (Å²) in [4.78, 5) is 12.8. The number of aryl methyl sites for hydroxylation is 1. The molecule has 3 heterocycles. The lowest BCUT2D eigenvalue weighted by Crippen LogP contribution is -2.46. The summed E-state index contributed by atoms with van der Waals surface area (Å²) in [6.07, 6.45) is 3.42. The third-order valence-corrected chi connectivity index (χ3v) is 5.62. The van der Waals surface area contributed by atoms with E-state index in [1.54, 1.807) is 6.07 Å². The van der Waals surface area contributed by atoms with E-state index in [4.69, 9.17) is 9.47 Å². The molecule has 2 aliphatic heterocycles. The quantitative estimate of drug-likeness (QED) is 0.718. The van der Waals surface area contributed by atoms with E-state index in [-0.39, 0.29) is 12.0 Å². The van der Waals surface area contributed by atoms with Gasteiger partial charge in [0.2, 0.25) is 6.10 Å². The molecule has 3 aromatic rings. The SMILES string of the molecule is C[C@H]1Oc2ccccc2O[C@H]1C(=O)Nc1ccc(-c2nnc3n2CCCCC3)cc1. The normalized spacial score (nSPS) is 20.2. The molecule has 0 unspecified atom stereocenters. The van der Waals surface area contributed by atoms with Crippen molar-refractivity contribution in [3.63, 3.8) is 0 Å². The maximum atomic E-state index is 12.8. The van der Waals surface area contributed by atoms with E-state index in [0.717, 1.165) is 36.6 Å². The number of para-hydroxylation sites is 2. The van der Waals surface area contributed by atoms with E-state index in [1.165, 1.54) is 12.8 Å². The van der Waals surface area contributed by atoms with Crippen LogP contribution in [0.5, 0.6) is 11.5 Å². The van der Waals surface area contributed by atoms with Crippen LogP contribution in [0.25, 0.3) is 11.4 Å². The van der Waals surface area contributed by atoms with Crippen LogP contribution in [-0.2, 0) is 17.8 Å². The van der Waals surface area contributed by atoms with Gasteiger partial charge >= 0.3 is 0 Å². The van der Waals surface area contributed by atoms with Gasteiger partial charge in [-0.05, 0) is 56.2 Å². The first-order chi connectivity index (χ1) is 14.7. The number of hydrogen-bond donors (Lipinski definition) is 1. The van der Waals surface area contributed by atoms with E-state index < -0.39 is 6.10 Å². The Morgan fingerprint density at radius 3 is 2.57 bits per heavy atom. The van der Waals surface area contributed by atoms with E-state index in [9.17, 15) is 4.79 Å². The summed E-state index contributed by atoms with van der Waals surface area (Å²) in [7, 11) is 0. The Labute approximate surface area is 175 Å². The van der Waals surface area contributed by atoms with Crippen LogP contribution in [0.4, 0.5) is 5.69 Å². The first-order valence-corrected chi connectivity index (χ1v) is 10.4. The molecule has 7 heteroatoms. The number of benzene rings is 2. The number of anilines is 1. The van der Waals surface area contributed by atoms with Gasteiger partial charge in [-0.15, -0.1) is 10.2 Å². The smallest absolute Gasteiger partial charge is 0.269 e. The Hall–Kier alpha value is -3.35. The lowest BCUT2D eigenvalue weighted by atomic mass is 10.1. The largest absolute Gasteiger partial charge is 0.482 e. The van der Waals surface area contributed by atoms with Crippen molar-refractivity contribution in [3.05, 3.63) is 54.4 Å². The lowest BCUT2D eigenvalue weighted by molar-refractivity contribution is -0.128. The topological polar surface area (TPSA) is 78.3 Å². The van der Waals surface area contributed by atoms with Gasteiger partial charge in [-0.2, -0.15) is 0 Å². The Morgan fingerprint density at radius 2 is 1.77 bits per heavy atom. The van der Waals surface area contributed by atoms with Crippen molar-refractivity contribution in [1.29, 1.82) is 0 Å². The highest BCUT2D eigenvalue weighted by Gasteiger charge is 2.34. The molecule has 1 aromatic heterocycles. The number of fused-ring (bicyclic) bond motifs is 2. The molecule has 7 nitrogen and oxygen atoms in total. The highest BCUT2D eigenvalue weighted by Crippen LogP contribution is 2.33. The minimum atomic E-state index is -0.716. The highest BCUT2D eigenvalue weighted by molar-refractivity contribution is 5.95. The maximum absolute atomic E-state index is 12.8. The fourth-order valence-corrected chi connectivity index (χ4v) is 4.02. The van der Waals surface area contributed by atoms with Gasteiger partial charge in [0.1, 0.15) is 11.9 Å². The number of aromatic nitrogens is 3. The van der Waals surface area contributed by atoms with E-state index in [2.05, 4.69) is 20.1 Å². The fourth-order valence-electron chi connectivity index (χ4n) is 4.02. The number of ether oxygens (including phenoxy) is 2. The third-order valence-electron chi connectivity index (χ3n) is 5.62. The summed E-state index contributed by atoms with van der Waals surface area (Å²) in [6.45, 7) is 2.79. The number of nitrogens with zero attached hydrogens (tertiary/aromatic N) is 3. The summed E-state index contributed by atoms with van der Waals surface area (Å²) in [5.74, 6) is 2.95. The zero-order chi connectivity index (χ0) is 20.5. The predicted octanol–water partition coefficient (Wildman–Crippen LogP) is 3.84. The number of hydrogen-bond acceptors (Lipinski definition) is 5. The van der Waals surface area contributed by atoms with Gasteiger partial charge < -0.3 is 19.4 Å². The monoisotopic (exact) mass is 404 g/mol. The highest BCUT2D eigenvalue weighted by atomic mass is 16.6. The molecular weight excluding hydrogens is 380 g/mol. The predicted molar refractivity (Wildman–Crippen MR) is 113 cm³/mol. The van der Waals surface area contributed by atoms with Gasteiger partial charge in [-0.3, -0.25) is 4.79 Å². The number of carbonyl (C=O) groups excluding carboxylic acids is 1. The van der Waals surface area contributed by atoms with Crippen LogP contribution in [0.2, 0.25) is 0 Å². The first kappa shape index (κ1) is 18.7. The number of amides is 1. The zero-order valence-corrected chi connectivity index (χ0v) is 16.9. The van der Waals surface area contributed by atoms with Gasteiger partial charge in [-0.25, -0.2) is 0 Å². The van der Waals surface area contributed by atoms with Crippen LogP contribution < -0.4 is 14.8 Å². The molecule has 0 saturated carbocycles. The summed E-state index contributed by atoms with van der Waals surface area (Å²) < 4.78 is 13.9. The van der Waals surface area contributed by atoms with Gasteiger partial charge in [-0.1, -0.05) is 18.6 Å². The van der Waals surface area contributed by atoms with Crippen LogP contribution in [0, 0.1) is 0 Å². The Balaban J connectivity index is 1.30. The second-order valence-electron chi connectivity index (χ2n) is 7.78. The summed E-state index contributed by atoms with van der Waals surface area (Å²) in [5, 5.41) is 11.7. The van der Waals surface area contributed by atoms with E-state index in [0.29, 0.717) is 17.2 Å². The molecule has 0 spiro atoms. The average molecular weight is 404 g/mol. The van der Waals surface area contributed by atoms with Crippen molar-refractivity contribution >= 4 is 11.6 Å². The molecule has 5 rings (SSSR count). The summed E-state index contributed by atoms with van der Waals surface area (Å²) in [6, 6.07) is 15.1. The number of nitrogens with one attached hydrogen (secondary N) is 1. The molecule has 30 heavy (non-hydrogen) atoms. The number of rotatable bonds is 3. The second-order valence-corrected chi connectivity index (χ2v) is 7.78. The Bertz CT molecular complexity index is 1060. The molecule has 0 saturated heterocycles. The van der Waals surface area contributed by atoms with Gasteiger partial charge in [0, 0.05) is 24.2 Å². The molecule has 2 atom stereocenters. The minimum absolute atomic E-state index is 0.235. The van der Waals surface area contributed by atoms with Crippen LogP contribution in [0.15, 0.2) is 48.5 Å². The van der Waals surface area contributed by atoms with Gasteiger partial charge in [0.25, 0.3) is 5.91 Å². The maximum Gasteiger partial charge on any atom is 0.269 e. The van der Waals surface area contributed by atoms with Crippen LogP contribution >= 0.6 is 0 Å². The van der Waals surface area contributed by atoms with Crippen LogP contribution in [-0.4, -0.2) is 32.9 Å². The van der Waals surface area contributed by atoms with Crippen molar-refractivity contribution in [2.24, 2.45) is 0 Å². The van der Waals surface area contributed by atoms with Crippen LogP contribution in [0.3, 0.4) is 0 Å². The summed E-state index contributed by atoms with van der Waals surface area (Å²) >= 11 is 0. The molecule has 154 valence electrons. The van der Waals surface area contributed by atoms with E-state index in [1.807, 2.05) is 49.4 Å². The zero-order valence-electron chi connectivity index (χ0n) is 16.9. The van der Waals surface area contributed by atoms with Crippen molar-refractivity contribution in [2.45, 2.75) is 51.4 Å². The number of carbonyl (C=O) groups is 1. The van der Waals surface area contributed by atoms with Crippen molar-refractivity contribution in [3.8, 4) is 22.9 Å². The molecule has 0 fully saturated rings. The first-order valence-electron chi connectivity index (χ1n) is 10.4. The summed E-state index contributed by atoms with van der Waals surface area (Å²) in [5.41, 5.74) is 1.70. The van der Waals surface area contributed by atoms with Gasteiger partial charge in [0.05, 0.1) is 0 Å². The average Bonchev–Trinajstić information content (AvgIpc) is 3.01. The molecular formula is C23H24N4O3. The molecule has 2 aliphatic rings. The van der Waals surface area contributed by atoms with Crippen molar-refractivity contribution < 1.29 is 14.3 Å². The fraction of sp³-hybridized carbons (Fsp3) is 0.348. The standard InChI is InChI=1S/C23H24N4O3/c1-15-21(30-19-8-5-4-7-18(19)29-15)23(28)24-17-12-10-16(11-13-17)22-26-25-20-9-3-2-6-14-27(20)22/h4-5,7-8,10-13,15,21H,2-3,6,9,14H2,1H3,(H,24,28)/t15-,21-/m1/s1. The van der Waals surface area contributed by atoms with E-state index >= 15 is 0 Å². The van der Waals surface area contributed by atoms with Crippen molar-refractivity contribution in [2.75, 3.05) is 5.32 Å². The van der Waals surface area contributed by atoms with Gasteiger partial charge in [0.15, 0.2) is 17.3 Å². The molecule has 2 aromatic carbocycles. The lowest BCUT2D eigenvalue weighted by Gasteiger charge is -2.31. The minimum Gasteiger partial charge on any atom is -0.482 e. The Kier molecular flexibility index (Phi) is 4.86. The Morgan fingerprint density at radius 1 is 1.00 bits per heavy atom. The molecule has 1 amide bonds. The van der Waals surface area contributed by atoms with Crippen molar-refractivity contribution in [1.82, 2.24) is 14.8 Å². The molecule has 0 bridgehead atoms. The molecule has 1 N–H and O–H groups in total. The second kappa shape index (κ2) is 7.82. The molecule has 0 radical (unpaired) electrons. The third kappa shape index (κ3) is 3.51. The molecule has 0 aliphatic carbocycles.